The van der Waals surface area contributed by atoms with E-state index in [4.69, 9.17) is 0 Å². The average Bonchev–Trinajstić information content (AvgIpc) is 3.37. The first-order valence-corrected chi connectivity index (χ1v) is 9.94. The Bertz CT molecular complexity index is 700. The number of hydrogen-bond acceptors (Lipinski definition) is 4. The molecule has 0 atom stereocenters. The topological polar surface area (TPSA) is 49.4 Å². The maximum absolute atomic E-state index is 4.17. The molecule has 0 amide bonds. The van der Waals surface area contributed by atoms with Crippen LogP contribution in [-0.4, -0.2) is 29.4 Å². The van der Waals surface area contributed by atoms with Crippen molar-refractivity contribution in [2.24, 2.45) is 20.0 Å². The van der Waals surface area contributed by atoms with E-state index in [1.54, 1.807) is 0 Å². The van der Waals surface area contributed by atoms with E-state index in [1.807, 2.05) is 47.7 Å². The van der Waals surface area contributed by atoms with Crippen molar-refractivity contribution in [3.05, 3.63) is 47.0 Å². The molecule has 4 aliphatic heterocycles. The fraction of sp³-hybridized carbons (Fsp3) is 0.500. The summed E-state index contributed by atoms with van der Waals surface area (Å²) in [6.07, 6.45) is 11.5. The maximum Gasteiger partial charge on any atom is 0.0603 e. The summed E-state index contributed by atoms with van der Waals surface area (Å²) in [6.45, 7) is 17.3. The molecule has 0 aromatic rings. The predicted octanol–water partition coefficient (Wildman–Crippen LogP) is 6.67. The standard InChI is InChI=1S/4C6H9N/c2*1-5-3-6(2)7-4-5;2*1-5-3-4-6(2)7-5/h4H,3H2,1-2H3;3*3H,4H2,1-2H3. The minimum absolute atomic E-state index is 0.922. The van der Waals surface area contributed by atoms with E-state index >= 15 is 0 Å². The molecule has 28 heavy (non-hydrogen) atoms. The van der Waals surface area contributed by atoms with Crippen molar-refractivity contribution in [2.45, 2.75) is 74.7 Å². The van der Waals surface area contributed by atoms with Gasteiger partial charge in [-0.3, -0.25) is 20.0 Å². The molecule has 152 valence electrons. The molecule has 4 heterocycles. The first-order valence-electron chi connectivity index (χ1n) is 9.94. The van der Waals surface area contributed by atoms with Gasteiger partial charge in [0.05, 0.1) is 6.54 Å². The van der Waals surface area contributed by atoms with Crippen molar-refractivity contribution in [3.8, 4) is 0 Å². The van der Waals surface area contributed by atoms with Crippen molar-refractivity contribution < 1.29 is 0 Å². The third-order valence-corrected chi connectivity index (χ3v) is 4.19. The summed E-state index contributed by atoms with van der Waals surface area (Å²) >= 11 is 0. The second kappa shape index (κ2) is 12.2. The number of allylic oxidation sites excluding steroid dienone is 6. The fourth-order valence-corrected chi connectivity index (χ4v) is 2.79. The van der Waals surface area contributed by atoms with E-state index in [0.717, 1.165) is 42.9 Å². The van der Waals surface area contributed by atoms with Gasteiger partial charge in [0.2, 0.25) is 0 Å². The molecule has 0 radical (unpaired) electrons. The summed E-state index contributed by atoms with van der Waals surface area (Å²) in [6, 6.07) is 0. The zero-order valence-corrected chi connectivity index (χ0v) is 18.9. The van der Waals surface area contributed by atoms with E-state index in [2.05, 4.69) is 52.0 Å². The second-order valence-electron chi connectivity index (χ2n) is 7.76. The Morgan fingerprint density at radius 1 is 0.679 bits per heavy atom. The van der Waals surface area contributed by atoms with Gasteiger partial charge in [-0.15, -0.1) is 0 Å². The van der Waals surface area contributed by atoms with Crippen LogP contribution in [0.25, 0.3) is 0 Å². The maximum atomic E-state index is 4.17. The quantitative estimate of drug-likeness (QED) is 0.450. The molecule has 0 bridgehead atoms. The van der Waals surface area contributed by atoms with Gasteiger partial charge in [0.15, 0.2) is 0 Å². The highest BCUT2D eigenvalue weighted by molar-refractivity contribution is 5.95. The van der Waals surface area contributed by atoms with Crippen LogP contribution in [0.15, 0.2) is 66.9 Å². The molecule has 0 saturated heterocycles. The molecule has 0 aromatic carbocycles. The predicted molar refractivity (Wildman–Crippen MR) is 126 cm³/mol. The van der Waals surface area contributed by atoms with Gasteiger partial charge < -0.3 is 0 Å². The molecule has 4 rings (SSSR count). The largest absolute Gasteiger partial charge is 0.286 e. The van der Waals surface area contributed by atoms with Crippen molar-refractivity contribution in [2.75, 3.05) is 6.54 Å². The highest BCUT2D eigenvalue weighted by Crippen LogP contribution is 2.09. The Balaban J connectivity index is 0.000000187. The highest BCUT2D eigenvalue weighted by Gasteiger charge is 1.98. The van der Waals surface area contributed by atoms with Crippen LogP contribution in [0.4, 0.5) is 0 Å². The van der Waals surface area contributed by atoms with E-state index in [0.29, 0.717) is 0 Å². The lowest BCUT2D eigenvalue weighted by atomic mass is 10.2. The Kier molecular flexibility index (Phi) is 10.3. The van der Waals surface area contributed by atoms with Crippen molar-refractivity contribution >= 4 is 22.8 Å². The van der Waals surface area contributed by atoms with Gasteiger partial charge in [-0.1, -0.05) is 17.7 Å². The first-order chi connectivity index (χ1) is 13.2. The molecule has 0 saturated carbocycles. The van der Waals surface area contributed by atoms with Crippen LogP contribution in [0.5, 0.6) is 0 Å². The minimum Gasteiger partial charge on any atom is -0.286 e. The van der Waals surface area contributed by atoms with Gasteiger partial charge in [-0.2, -0.15) is 0 Å². The molecule has 0 spiro atoms. The zero-order chi connectivity index (χ0) is 21.1. The molecule has 0 fully saturated rings. The fourth-order valence-electron chi connectivity index (χ4n) is 2.79. The summed E-state index contributed by atoms with van der Waals surface area (Å²) in [5.74, 6) is 0. The summed E-state index contributed by atoms with van der Waals surface area (Å²) < 4.78 is 0. The Morgan fingerprint density at radius 3 is 1.32 bits per heavy atom. The second-order valence-corrected chi connectivity index (χ2v) is 7.76. The van der Waals surface area contributed by atoms with Gasteiger partial charge in [0.25, 0.3) is 0 Å². The van der Waals surface area contributed by atoms with E-state index in [9.17, 15) is 0 Å². The van der Waals surface area contributed by atoms with Crippen molar-refractivity contribution in [3.63, 3.8) is 0 Å². The monoisotopic (exact) mass is 380 g/mol. The van der Waals surface area contributed by atoms with Crippen LogP contribution in [0.2, 0.25) is 0 Å². The molecule has 0 aliphatic carbocycles. The van der Waals surface area contributed by atoms with E-state index < -0.39 is 0 Å². The Hall–Kier alpha value is -2.36. The van der Waals surface area contributed by atoms with Crippen LogP contribution in [0.1, 0.15) is 74.7 Å². The lowest BCUT2D eigenvalue weighted by Crippen LogP contribution is -1.82. The van der Waals surface area contributed by atoms with Gasteiger partial charge in [-0.25, -0.2) is 0 Å². The molecule has 4 aliphatic rings. The number of hydrogen-bond donors (Lipinski definition) is 0. The smallest absolute Gasteiger partial charge is 0.0603 e. The van der Waals surface area contributed by atoms with Crippen molar-refractivity contribution in [1.29, 1.82) is 0 Å². The average molecular weight is 381 g/mol. The van der Waals surface area contributed by atoms with Crippen LogP contribution in [0.3, 0.4) is 0 Å². The third kappa shape index (κ3) is 10.7. The normalized spacial score (nSPS) is 19.1. The van der Waals surface area contributed by atoms with E-state index in [1.165, 1.54) is 28.3 Å². The van der Waals surface area contributed by atoms with E-state index in [-0.39, 0.29) is 0 Å². The highest BCUT2D eigenvalue weighted by atomic mass is 14.8. The summed E-state index contributed by atoms with van der Waals surface area (Å²) in [5.41, 5.74) is 9.94. The van der Waals surface area contributed by atoms with Gasteiger partial charge in [-0.05, 0) is 67.0 Å². The zero-order valence-electron chi connectivity index (χ0n) is 18.9. The number of aliphatic imine (C=N–C) groups is 4. The van der Waals surface area contributed by atoms with Crippen LogP contribution in [-0.2, 0) is 0 Å². The first kappa shape index (κ1) is 23.7. The lowest BCUT2D eigenvalue weighted by molar-refractivity contribution is 1.17. The van der Waals surface area contributed by atoms with Crippen molar-refractivity contribution in [1.82, 2.24) is 0 Å². The van der Waals surface area contributed by atoms with Crippen LogP contribution >= 0.6 is 0 Å². The summed E-state index contributed by atoms with van der Waals surface area (Å²) in [5, 5.41) is 0. The molecule has 0 unspecified atom stereocenters. The molecular formula is C24H36N4. The van der Waals surface area contributed by atoms with Gasteiger partial charge >= 0.3 is 0 Å². The molecule has 0 N–H and O–H groups in total. The number of nitrogens with zero attached hydrogens (tertiary/aromatic N) is 4. The SMILES string of the molecule is CC1=CC(C)=NC1.CC1=CCC(C)=N1.CC1=CCC(C)=N1.CC1=CN=C(C)C1. The number of rotatable bonds is 0. The van der Waals surface area contributed by atoms with Crippen LogP contribution in [0, 0.1) is 0 Å². The minimum atomic E-state index is 0.922. The molecule has 4 nitrogen and oxygen atoms in total. The Morgan fingerprint density at radius 2 is 1.21 bits per heavy atom. The van der Waals surface area contributed by atoms with Crippen LogP contribution < -0.4 is 0 Å². The molecule has 4 heteroatoms. The van der Waals surface area contributed by atoms with Gasteiger partial charge in [0.1, 0.15) is 0 Å². The molecule has 0 aromatic heterocycles. The Labute approximate surface area is 171 Å². The third-order valence-electron chi connectivity index (χ3n) is 4.19. The summed E-state index contributed by atoms with van der Waals surface area (Å²) in [7, 11) is 0. The molecular weight excluding hydrogens is 344 g/mol. The lowest BCUT2D eigenvalue weighted by Gasteiger charge is -1.84. The summed E-state index contributed by atoms with van der Waals surface area (Å²) in [4.78, 5) is 16.5. The van der Waals surface area contributed by atoms with Gasteiger partial charge in [0, 0.05) is 59.7 Å².